The molecule has 0 fully saturated rings. The van der Waals surface area contributed by atoms with Crippen molar-refractivity contribution in [1.29, 1.82) is 0 Å². The molecule has 0 aliphatic heterocycles. The van der Waals surface area contributed by atoms with Crippen LogP contribution in [0.3, 0.4) is 0 Å². The zero-order valence-electron chi connectivity index (χ0n) is 17.8. The van der Waals surface area contributed by atoms with Crippen LogP contribution >= 0.6 is 0 Å². The highest BCUT2D eigenvalue weighted by atomic mass is 16.5. The first-order chi connectivity index (χ1) is 14.1. The molecule has 0 aliphatic carbocycles. The summed E-state index contributed by atoms with van der Waals surface area (Å²) in [7, 11) is 0. The van der Waals surface area contributed by atoms with Gasteiger partial charge in [-0.25, -0.2) is 0 Å². The highest BCUT2D eigenvalue weighted by molar-refractivity contribution is 5.84. The average Bonchev–Trinajstić information content (AvgIpc) is 2.70. The van der Waals surface area contributed by atoms with Crippen LogP contribution in [0.2, 0.25) is 0 Å². The van der Waals surface area contributed by atoms with E-state index >= 15 is 0 Å². The van der Waals surface area contributed by atoms with Gasteiger partial charge >= 0.3 is 11.9 Å². The zero-order valence-corrected chi connectivity index (χ0v) is 17.8. The first-order valence-corrected chi connectivity index (χ1v) is 11.0. The second-order valence-corrected chi connectivity index (χ2v) is 7.69. The zero-order chi connectivity index (χ0) is 20.9. The number of carbonyl (C=O) groups is 2. The number of carbonyl (C=O) groups excluding carboxylic acids is 2. The lowest BCUT2D eigenvalue weighted by Gasteiger charge is -2.13. The van der Waals surface area contributed by atoms with Crippen LogP contribution in [0.4, 0.5) is 0 Å². The summed E-state index contributed by atoms with van der Waals surface area (Å²) >= 11 is 0. The summed E-state index contributed by atoms with van der Waals surface area (Å²) in [5.41, 5.74) is 0. The van der Waals surface area contributed by atoms with E-state index in [-0.39, 0.29) is 30.9 Å². The molecule has 158 valence electrons. The second kappa shape index (κ2) is 13.0. The number of hydrogen-bond acceptors (Lipinski definition) is 4. The van der Waals surface area contributed by atoms with Crippen molar-refractivity contribution in [2.75, 3.05) is 0 Å². The van der Waals surface area contributed by atoms with Gasteiger partial charge < -0.3 is 9.47 Å². The van der Waals surface area contributed by atoms with Gasteiger partial charge in [0.15, 0.2) is 0 Å². The Balaban J connectivity index is 1.59. The van der Waals surface area contributed by atoms with Crippen molar-refractivity contribution in [1.82, 2.24) is 0 Å². The summed E-state index contributed by atoms with van der Waals surface area (Å²) in [6.45, 7) is 4.16. The van der Waals surface area contributed by atoms with E-state index < -0.39 is 0 Å². The molecule has 0 saturated heterocycles. The van der Waals surface area contributed by atoms with E-state index in [1.165, 1.54) is 32.1 Å². The van der Waals surface area contributed by atoms with E-state index in [1.807, 2.05) is 43.3 Å². The van der Waals surface area contributed by atoms with E-state index in [0.29, 0.717) is 12.2 Å². The van der Waals surface area contributed by atoms with Crippen molar-refractivity contribution in [3.63, 3.8) is 0 Å². The highest BCUT2D eigenvalue weighted by Crippen LogP contribution is 2.21. The number of rotatable bonds is 13. The third-order valence-electron chi connectivity index (χ3n) is 5.01. The molecule has 2 aromatic carbocycles. The Kier molecular flexibility index (Phi) is 10.3. The van der Waals surface area contributed by atoms with Crippen molar-refractivity contribution in [2.24, 2.45) is 0 Å². The average molecular weight is 399 g/mol. The summed E-state index contributed by atoms with van der Waals surface area (Å²) in [6, 6.07) is 13.5. The Morgan fingerprint density at radius 3 is 2.31 bits per heavy atom. The van der Waals surface area contributed by atoms with Crippen molar-refractivity contribution in [3.05, 3.63) is 42.5 Å². The number of hydrogen-bond donors (Lipinski definition) is 0. The Hall–Kier alpha value is -2.36. The van der Waals surface area contributed by atoms with Gasteiger partial charge in [-0.15, -0.1) is 0 Å². The minimum absolute atomic E-state index is 0.0572. The molecule has 0 aliphatic rings. The topological polar surface area (TPSA) is 52.6 Å². The lowest BCUT2D eigenvalue weighted by Crippen LogP contribution is -2.15. The maximum Gasteiger partial charge on any atom is 0.311 e. The van der Waals surface area contributed by atoms with Gasteiger partial charge in [-0.1, -0.05) is 69.4 Å². The van der Waals surface area contributed by atoms with Crippen LogP contribution in [0.25, 0.3) is 10.8 Å². The van der Waals surface area contributed by atoms with Crippen molar-refractivity contribution < 1.29 is 19.1 Å². The fourth-order valence-electron chi connectivity index (χ4n) is 3.34. The Labute approximate surface area is 174 Å². The fourth-order valence-corrected chi connectivity index (χ4v) is 3.34. The second-order valence-electron chi connectivity index (χ2n) is 7.69. The van der Waals surface area contributed by atoms with E-state index in [1.54, 1.807) is 6.07 Å². The number of unbranched alkanes of at least 4 members (excludes halogenated alkanes) is 5. The van der Waals surface area contributed by atoms with Crippen LogP contribution in [0.15, 0.2) is 42.5 Å². The SMILES string of the molecule is CCCCCCCCC(C)OC(=O)CCCC(=O)Oc1ccc2ccccc2c1. The Bertz CT molecular complexity index is 768. The highest BCUT2D eigenvalue weighted by Gasteiger charge is 2.12. The summed E-state index contributed by atoms with van der Waals surface area (Å²) in [5.74, 6) is -0.0287. The first-order valence-electron chi connectivity index (χ1n) is 11.0. The number of fused-ring (bicyclic) bond motifs is 1. The molecule has 0 heterocycles. The molecule has 4 nitrogen and oxygen atoms in total. The van der Waals surface area contributed by atoms with Gasteiger partial charge in [0.1, 0.15) is 5.75 Å². The normalized spacial score (nSPS) is 11.9. The molecular formula is C25H34O4. The van der Waals surface area contributed by atoms with Crippen molar-refractivity contribution in [3.8, 4) is 5.75 Å². The summed E-state index contributed by atoms with van der Waals surface area (Å²) in [5, 5.41) is 2.13. The molecule has 0 spiro atoms. The van der Waals surface area contributed by atoms with Gasteiger partial charge in [0.2, 0.25) is 0 Å². The lowest BCUT2D eigenvalue weighted by atomic mass is 10.1. The third kappa shape index (κ3) is 9.12. The summed E-state index contributed by atoms with van der Waals surface area (Å²) < 4.78 is 10.8. The maximum absolute atomic E-state index is 12.0. The molecule has 2 aromatic rings. The van der Waals surface area contributed by atoms with Gasteiger partial charge in [0.25, 0.3) is 0 Å². The maximum atomic E-state index is 12.0. The van der Waals surface area contributed by atoms with Crippen LogP contribution in [-0.2, 0) is 14.3 Å². The van der Waals surface area contributed by atoms with Gasteiger partial charge in [0, 0.05) is 12.8 Å². The quantitative estimate of drug-likeness (QED) is 0.217. The van der Waals surface area contributed by atoms with Crippen molar-refractivity contribution >= 4 is 22.7 Å². The molecule has 2 rings (SSSR count). The molecule has 1 atom stereocenters. The third-order valence-corrected chi connectivity index (χ3v) is 5.01. The largest absolute Gasteiger partial charge is 0.463 e. The lowest BCUT2D eigenvalue weighted by molar-refractivity contribution is -0.148. The first kappa shape index (κ1) is 22.9. The predicted molar refractivity (Wildman–Crippen MR) is 117 cm³/mol. The molecule has 0 aromatic heterocycles. The van der Waals surface area contributed by atoms with Crippen LogP contribution in [-0.4, -0.2) is 18.0 Å². The van der Waals surface area contributed by atoms with Crippen LogP contribution in [0.1, 0.15) is 78.1 Å². The molecule has 1 unspecified atom stereocenters. The standard InChI is InChI=1S/C25H34O4/c1-3-4-5-6-7-8-12-20(2)28-24(26)15-11-16-25(27)29-23-18-17-21-13-9-10-14-22(21)19-23/h9-10,13-14,17-20H,3-8,11-12,15-16H2,1-2H3. The summed E-state index contributed by atoms with van der Waals surface area (Å²) in [6.07, 6.45) is 9.13. The molecule has 0 radical (unpaired) electrons. The predicted octanol–water partition coefficient (Wildman–Crippen LogP) is 6.60. The van der Waals surface area contributed by atoms with Crippen LogP contribution < -0.4 is 4.74 Å². The van der Waals surface area contributed by atoms with Crippen LogP contribution in [0.5, 0.6) is 5.75 Å². The molecule has 0 bridgehead atoms. The number of esters is 2. The fraction of sp³-hybridized carbons (Fsp3) is 0.520. The number of benzene rings is 2. The smallest absolute Gasteiger partial charge is 0.311 e. The molecule has 4 heteroatoms. The Morgan fingerprint density at radius 2 is 1.52 bits per heavy atom. The molecule has 0 saturated carbocycles. The monoisotopic (exact) mass is 398 g/mol. The molecular weight excluding hydrogens is 364 g/mol. The molecule has 0 amide bonds. The Morgan fingerprint density at radius 1 is 0.828 bits per heavy atom. The van der Waals surface area contributed by atoms with Gasteiger partial charge in [-0.05, 0) is 49.1 Å². The van der Waals surface area contributed by atoms with E-state index in [0.717, 1.165) is 23.6 Å². The van der Waals surface area contributed by atoms with Gasteiger partial charge in [-0.3, -0.25) is 9.59 Å². The van der Waals surface area contributed by atoms with E-state index in [9.17, 15) is 9.59 Å². The molecule has 29 heavy (non-hydrogen) atoms. The van der Waals surface area contributed by atoms with Gasteiger partial charge in [-0.2, -0.15) is 0 Å². The van der Waals surface area contributed by atoms with E-state index in [2.05, 4.69) is 6.92 Å². The summed E-state index contributed by atoms with van der Waals surface area (Å²) in [4.78, 5) is 24.0. The van der Waals surface area contributed by atoms with Crippen molar-refractivity contribution in [2.45, 2.75) is 84.2 Å². The van der Waals surface area contributed by atoms with E-state index in [4.69, 9.17) is 9.47 Å². The van der Waals surface area contributed by atoms with Crippen LogP contribution in [0, 0.1) is 0 Å². The minimum atomic E-state index is -0.326. The number of ether oxygens (including phenoxy) is 2. The van der Waals surface area contributed by atoms with Gasteiger partial charge in [0.05, 0.1) is 6.10 Å². The molecule has 0 N–H and O–H groups in total. The minimum Gasteiger partial charge on any atom is -0.463 e.